The highest BCUT2D eigenvalue weighted by Crippen LogP contribution is 2.21. The van der Waals surface area contributed by atoms with Gasteiger partial charge in [-0.2, -0.15) is 0 Å². The lowest BCUT2D eigenvalue weighted by molar-refractivity contribution is -0.125. The number of carbonyl (C=O) groups excluding carboxylic acids is 2. The molecule has 7 nitrogen and oxygen atoms in total. The molecule has 1 aliphatic rings. The van der Waals surface area contributed by atoms with Gasteiger partial charge in [0.1, 0.15) is 17.9 Å². The standard InChI is InChI=1S/C16H18N2O5/c19-12(13-5-2-8-22-13)10-17-15(20)11-4-1-7-18(11)16(21)14-6-3-9-23-14/h2-3,5-6,8-9,11-12,19H,1,4,7,10H2,(H,17,20). The van der Waals surface area contributed by atoms with E-state index in [0.717, 1.165) is 6.42 Å². The fourth-order valence-electron chi connectivity index (χ4n) is 2.72. The maximum absolute atomic E-state index is 12.3. The molecule has 0 spiro atoms. The van der Waals surface area contributed by atoms with Gasteiger partial charge < -0.3 is 24.2 Å². The number of hydrogen-bond donors (Lipinski definition) is 2. The van der Waals surface area contributed by atoms with E-state index in [1.807, 2.05) is 0 Å². The van der Waals surface area contributed by atoms with Gasteiger partial charge in [-0.3, -0.25) is 9.59 Å². The molecule has 2 aromatic rings. The van der Waals surface area contributed by atoms with Gasteiger partial charge in [-0.05, 0) is 37.1 Å². The number of likely N-dealkylation sites (tertiary alicyclic amines) is 1. The van der Waals surface area contributed by atoms with Crippen LogP contribution in [0.4, 0.5) is 0 Å². The maximum Gasteiger partial charge on any atom is 0.290 e. The molecular formula is C16H18N2O5. The normalized spacial score (nSPS) is 18.8. The van der Waals surface area contributed by atoms with Crippen LogP contribution in [0.1, 0.15) is 35.3 Å². The summed E-state index contributed by atoms with van der Waals surface area (Å²) in [6.07, 6.45) is 3.32. The Balaban J connectivity index is 1.59. The van der Waals surface area contributed by atoms with Crippen molar-refractivity contribution in [2.24, 2.45) is 0 Å². The van der Waals surface area contributed by atoms with Crippen LogP contribution in [0.2, 0.25) is 0 Å². The second kappa shape index (κ2) is 6.70. The first kappa shape index (κ1) is 15.4. The number of aliphatic hydroxyl groups is 1. The van der Waals surface area contributed by atoms with E-state index in [2.05, 4.69) is 5.32 Å². The lowest BCUT2D eigenvalue weighted by Crippen LogP contribution is -2.46. The van der Waals surface area contributed by atoms with Crippen LogP contribution in [-0.2, 0) is 4.79 Å². The Bertz CT molecular complexity index is 650. The number of hydrogen-bond acceptors (Lipinski definition) is 5. The van der Waals surface area contributed by atoms with Crippen molar-refractivity contribution in [1.82, 2.24) is 10.2 Å². The molecule has 1 fully saturated rings. The number of nitrogens with one attached hydrogen (secondary N) is 1. The summed E-state index contributed by atoms with van der Waals surface area (Å²) >= 11 is 0. The molecule has 7 heteroatoms. The summed E-state index contributed by atoms with van der Waals surface area (Å²) in [4.78, 5) is 26.2. The van der Waals surface area contributed by atoms with Gasteiger partial charge in [0.25, 0.3) is 5.91 Å². The van der Waals surface area contributed by atoms with Crippen molar-refractivity contribution in [3.63, 3.8) is 0 Å². The smallest absolute Gasteiger partial charge is 0.290 e. The summed E-state index contributed by atoms with van der Waals surface area (Å²) in [5.74, 6) is 0.0350. The van der Waals surface area contributed by atoms with Crippen molar-refractivity contribution >= 4 is 11.8 Å². The minimum absolute atomic E-state index is 0.0334. The summed E-state index contributed by atoms with van der Waals surface area (Å²) in [6.45, 7) is 0.546. The van der Waals surface area contributed by atoms with E-state index >= 15 is 0 Å². The van der Waals surface area contributed by atoms with Gasteiger partial charge in [0.15, 0.2) is 5.76 Å². The summed E-state index contributed by atoms with van der Waals surface area (Å²) in [6, 6.07) is 5.98. The van der Waals surface area contributed by atoms with Gasteiger partial charge >= 0.3 is 0 Å². The Kier molecular flexibility index (Phi) is 4.47. The third-order valence-electron chi connectivity index (χ3n) is 3.89. The van der Waals surface area contributed by atoms with Gasteiger partial charge in [0.05, 0.1) is 19.1 Å². The molecule has 1 saturated heterocycles. The van der Waals surface area contributed by atoms with Crippen molar-refractivity contribution < 1.29 is 23.5 Å². The quantitative estimate of drug-likeness (QED) is 0.867. The zero-order chi connectivity index (χ0) is 16.2. The maximum atomic E-state index is 12.3. The van der Waals surface area contributed by atoms with E-state index in [0.29, 0.717) is 18.7 Å². The molecule has 3 heterocycles. The molecule has 2 unspecified atom stereocenters. The SMILES string of the molecule is O=C(NCC(O)c1ccco1)C1CCCN1C(=O)c1ccco1. The zero-order valence-corrected chi connectivity index (χ0v) is 12.5. The average Bonchev–Trinajstić information content (AvgIpc) is 3.33. The molecule has 0 radical (unpaired) electrons. The monoisotopic (exact) mass is 318 g/mol. The average molecular weight is 318 g/mol. The summed E-state index contributed by atoms with van der Waals surface area (Å²) in [5, 5.41) is 12.6. The van der Waals surface area contributed by atoms with Crippen LogP contribution in [0.25, 0.3) is 0 Å². The Labute approximate surface area is 132 Å². The molecule has 122 valence electrons. The third-order valence-corrected chi connectivity index (χ3v) is 3.89. The van der Waals surface area contributed by atoms with E-state index in [-0.39, 0.29) is 24.1 Å². The predicted octanol–water partition coefficient (Wildman–Crippen LogP) is 1.33. The van der Waals surface area contributed by atoms with Crippen LogP contribution in [0.15, 0.2) is 45.6 Å². The highest BCUT2D eigenvalue weighted by molar-refractivity contribution is 5.95. The van der Waals surface area contributed by atoms with Crippen molar-refractivity contribution in [2.45, 2.75) is 25.0 Å². The number of amides is 2. The predicted molar refractivity (Wildman–Crippen MR) is 79.4 cm³/mol. The van der Waals surface area contributed by atoms with Crippen LogP contribution in [0.3, 0.4) is 0 Å². The van der Waals surface area contributed by atoms with Crippen molar-refractivity contribution in [3.8, 4) is 0 Å². The molecule has 2 N–H and O–H groups in total. The first-order valence-corrected chi connectivity index (χ1v) is 7.50. The lowest BCUT2D eigenvalue weighted by atomic mass is 10.2. The van der Waals surface area contributed by atoms with E-state index in [4.69, 9.17) is 8.83 Å². The first-order valence-electron chi connectivity index (χ1n) is 7.50. The second-order valence-electron chi connectivity index (χ2n) is 5.41. The zero-order valence-electron chi connectivity index (χ0n) is 12.5. The van der Waals surface area contributed by atoms with E-state index in [1.165, 1.54) is 17.4 Å². The van der Waals surface area contributed by atoms with Crippen molar-refractivity contribution in [3.05, 3.63) is 48.3 Å². The highest BCUT2D eigenvalue weighted by Gasteiger charge is 2.35. The minimum atomic E-state index is -0.912. The van der Waals surface area contributed by atoms with Gasteiger partial charge in [-0.1, -0.05) is 0 Å². The fraction of sp³-hybridized carbons (Fsp3) is 0.375. The topological polar surface area (TPSA) is 95.9 Å². The second-order valence-corrected chi connectivity index (χ2v) is 5.41. The largest absolute Gasteiger partial charge is 0.467 e. The molecule has 3 rings (SSSR count). The van der Waals surface area contributed by atoms with Crippen LogP contribution in [0, 0.1) is 0 Å². The number of carbonyl (C=O) groups is 2. The van der Waals surface area contributed by atoms with Crippen LogP contribution >= 0.6 is 0 Å². The molecule has 1 aliphatic heterocycles. The first-order chi connectivity index (χ1) is 11.2. The molecule has 23 heavy (non-hydrogen) atoms. The summed E-state index contributed by atoms with van der Waals surface area (Å²) < 4.78 is 10.2. The molecule has 0 aromatic carbocycles. The fourth-order valence-corrected chi connectivity index (χ4v) is 2.72. The Hall–Kier alpha value is -2.54. The molecule has 0 bridgehead atoms. The lowest BCUT2D eigenvalue weighted by Gasteiger charge is -2.23. The molecular weight excluding hydrogens is 300 g/mol. The van der Waals surface area contributed by atoms with Crippen molar-refractivity contribution in [1.29, 1.82) is 0 Å². The Morgan fingerprint density at radius 1 is 1.30 bits per heavy atom. The molecule has 0 saturated carbocycles. The van der Waals surface area contributed by atoms with Crippen LogP contribution in [0.5, 0.6) is 0 Å². The summed E-state index contributed by atoms with van der Waals surface area (Å²) in [7, 11) is 0. The van der Waals surface area contributed by atoms with E-state index in [1.54, 1.807) is 24.3 Å². The van der Waals surface area contributed by atoms with Crippen molar-refractivity contribution in [2.75, 3.05) is 13.1 Å². The van der Waals surface area contributed by atoms with Crippen LogP contribution in [-0.4, -0.2) is 41.0 Å². The van der Waals surface area contributed by atoms with Gasteiger partial charge in [-0.15, -0.1) is 0 Å². The summed E-state index contributed by atoms with van der Waals surface area (Å²) in [5.41, 5.74) is 0. The number of nitrogens with zero attached hydrogens (tertiary/aromatic N) is 1. The Morgan fingerprint density at radius 3 is 2.78 bits per heavy atom. The third kappa shape index (κ3) is 3.29. The van der Waals surface area contributed by atoms with E-state index in [9.17, 15) is 14.7 Å². The molecule has 2 aromatic heterocycles. The molecule has 0 aliphatic carbocycles. The number of rotatable bonds is 5. The molecule has 2 amide bonds. The minimum Gasteiger partial charge on any atom is -0.467 e. The van der Waals surface area contributed by atoms with Gasteiger partial charge in [0, 0.05) is 6.54 Å². The van der Waals surface area contributed by atoms with Gasteiger partial charge in [-0.25, -0.2) is 0 Å². The Morgan fingerprint density at radius 2 is 2.09 bits per heavy atom. The highest BCUT2D eigenvalue weighted by atomic mass is 16.4. The van der Waals surface area contributed by atoms with Crippen LogP contribution < -0.4 is 5.32 Å². The van der Waals surface area contributed by atoms with Gasteiger partial charge in [0.2, 0.25) is 5.91 Å². The molecule has 2 atom stereocenters. The number of aliphatic hydroxyl groups excluding tert-OH is 1. The number of furan rings is 2. The van der Waals surface area contributed by atoms with E-state index < -0.39 is 12.1 Å².